The Kier molecular flexibility index (Phi) is 5.97. The van der Waals surface area contributed by atoms with E-state index in [4.69, 9.17) is 4.74 Å². The molecule has 1 aromatic carbocycles. The van der Waals surface area contributed by atoms with Gasteiger partial charge in [0.05, 0.1) is 10.3 Å². The summed E-state index contributed by atoms with van der Waals surface area (Å²) in [5.41, 5.74) is 1.50. The van der Waals surface area contributed by atoms with Gasteiger partial charge >= 0.3 is 6.09 Å². The van der Waals surface area contributed by atoms with Gasteiger partial charge in [-0.15, -0.1) is 0 Å². The molecule has 36 heavy (non-hydrogen) atoms. The van der Waals surface area contributed by atoms with Crippen molar-refractivity contribution in [2.75, 3.05) is 24.5 Å². The molecule has 192 valence electrons. The van der Waals surface area contributed by atoms with Crippen LogP contribution in [0.15, 0.2) is 41.7 Å². The zero-order valence-electron chi connectivity index (χ0n) is 21.4. The van der Waals surface area contributed by atoms with E-state index in [1.165, 1.54) is 10.3 Å². The molecule has 0 N–H and O–H groups in total. The first-order valence-corrected chi connectivity index (χ1v) is 13.8. The van der Waals surface area contributed by atoms with Crippen molar-refractivity contribution in [3.8, 4) is 0 Å². The van der Waals surface area contributed by atoms with E-state index in [9.17, 15) is 13.2 Å². The monoisotopic (exact) mass is 511 g/mol. The number of amides is 1. The molecule has 3 aromatic rings. The van der Waals surface area contributed by atoms with E-state index in [1.54, 1.807) is 36.2 Å². The van der Waals surface area contributed by atoms with Crippen LogP contribution < -0.4 is 4.90 Å². The largest absolute Gasteiger partial charge is 0.444 e. The predicted octanol–water partition coefficient (Wildman–Crippen LogP) is 4.30. The molecule has 0 unspecified atom stereocenters. The molecular weight excluding hydrogens is 478 g/mol. The molecule has 2 aliphatic rings. The summed E-state index contributed by atoms with van der Waals surface area (Å²) in [4.78, 5) is 25.9. The first-order chi connectivity index (χ1) is 17.0. The Balaban J connectivity index is 1.54. The Labute approximate surface area is 212 Å². The molecule has 5 rings (SSSR count). The molecule has 0 spiro atoms. The highest BCUT2D eigenvalue weighted by Gasteiger charge is 2.36. The average molecular weight is 512 g/mol. The van der Waals surface area contributed by atoms with Crippen LogP contribution >= 0.6 is 0 Å². The van der Waals surface area contributed by atoms with Gasteiger partial charge in [-0.3, -0.25) is 0 Å². The van der Waals surface area contributed by atoms with Crippen molar-refractivity contribution in [2.24, 2.45) is 0 Å². The fraction of sp³-hybridized carbons (Fsp3) is 0.500. The van der Waals surface area contributed by atoms with Gasteiger partial charge in [-0.05, 0) is 70.6 Å². The van der Waals surface area contributed by atoms with Gasteiger partial charge in [0.25, 0.3) is 10.0 Å². The Bertz CT molecular complexity index is 1420. The topological polar surface area (TPSA) is 97.6 Å². The number of nitrogens with zero attached hydrogens (tertiary/aromatic N) is 5. The van der Waals surface area contributed by atoms with Crippen LogP contribution in [0, 0.1) is 6.92 Å². The SMILES string of the molecule is Cc1ccccc1S(=O)(=O)n1cc(C2CC2)c2c(N3CCN(C(=O)OC(C)(C)C)C[C@H]3C)ncnc21. The number of aryl methyl sites for hydroxylation is 1. The van der Waals surface area contributed by atoms with Crippen LogP contribution in [0.3, 0.4) is 0 Å². The number of benzene rings is 1. The number of carbonyl (C=O) groups excluding carboxylic acids is 1. The quantitative estimate of drug-likeness (QED) is 0.515. The highest BCUT2D eigenvalue weighted by Crippen LogP contribution is 2.46. The van der Waals surface area contributed by atoms with Gasteiger partial charge in [0.2, 0.25) is 0 Å². The summed E-state index contributed by atoms with van der Waals surface area (Å²) in [6.45, 7) is 11.0. The van der Waals surface area contributed by atoms with Crippen LogP contribution in [0.1, 0.15) is 57.6 Å². The van der Waals surface area contributed by atoms with E-state index in [0.29, 0.717) is 36.8 Å². The third kappa shape index (κ3) is 4.42. The average Bonchev–Trinajstić information content (AvgIpc) is 3.57. The number of rotatable bonds is 4. The van der Waals surface area contributed by atoms with Gasteiger partial charge in [0, 0.05) is 31.9 Å². The van der Waals surface area contributed by atoms with Gasteiger partial charge in [0.1, 0.15) is 17.7 Å². The van der Waals surface area contributed by atoms with Crippen molar-refractivity contribution in [1.82, 2.24) is 18.8 Å². The van der Waals surface area contributed by atoms with E-state index in [1.807, 2.05) is 33.8 Å². The summed E-state index contributed by atoms with van der Waals surface area (Å²) in [6, 6.07) is 6.96. The summed E-state index contributed by atoms with van der Waals surface area (Å²) < 4.78 is 34.4. The Morgan fingerprint density at radius 2 is 1.83 bits per heavy atom. The summed E-state index contributed by atoms with van der Waals surface area (Å²) in [7, 11) is -3.84. The van der Waals surface area contributed by atoms with Crippen LogP contribution in [0.2, 0.25) is 0 Å². The maximum Gasteiger partial charge on any atom is 0.410 e. The summed E-state index contributed by atoms with van der Waals surface area (Å²) in [5.74, 6) is 1.01. The smallest absolute Gasteiger partial charge is 0.410 e. The molecule has 2 aromatic heterocycles. The molecule has 0 bridgehead atoms. The second-order valence-electron chi connectivity index (χ2n) is 10.8. The fourth-order valence-electron chi connectivity index (χ4n) is 4.87. The number of carbonyl (C=O) groups is 1. The number of anilines is 1. The minimum absolute atomic E-state index is 0.0345. The number of aromatic nitrogens is 3. The molecule has 1 saturated carbocycles. The van der Waals surface area contributed by atoms with Gasteiger partial charge < -0.3 is 14.5 Å². The zero-order valence-corrected chi connectivity index (χ0v) is 22.2. The third-order valence-electron chi connectivity index (χ3n) is 6.76. The fourth-order valence-corrected chi connectivity index (χ4v) is 6.42. The van der Waals surface area contributed by atoms with Gasteiger partial charge in [-0.1, -0.05) is 18.2 Å². The summed E-state index contributed by atoms with van der Waals surface area (Å²) in [6.07, 6.45) is 4.88. The lowest BCUT2D eigenvalue weighted by molar-refractivity contribution is 0.0218. The highest BCUT2D eigenvalue weighted by molar-refractivity contribution is 7.90. The van der Waals surface area contributed by atoms with Gasteiger partial charge in [-0.2, -0.15) is 0 Å². The van der Waals surface area contributed by atoms with Crippen molar-refractivity contribution in [2.45, 2.75) is 69.9 Å². The number of hydrogen-bond acceptors (Lipinski definition) is 7. The molecule has 9 nitrogen and oxygen atoms in total. The van der Waals surface area contributed by atoms with Crippen molar-refractivity contribution in [3.63, 3.8) is 0 Å². The highest BCUT2D eigenvalue weighted by atomic mass is 32.2. The van der Waals surface area contributed by atoms with Crippen LogP contribution in [-0.2, 0) is 14.8 Å². The Morgan fingerprint density at radius 1 is 1.11 bits per heavy atom. The van der Waals surface area contributed by atoms with E-state index in [-0.39, 0.29) is 17.0 Å². The lowest BCUT2D eigenvalue weighted by Gasteiger charge is -2.41. The normalized spacial score (nSPS) is 19.1. The molecular formula is C26H33N5O4S. The maximum absolute atomic E-state index is 13.7. The van der Waals surface area contributed by atoms with Crippen molar-refractivity contribution in [1.29, 1.82) is 0 Å². The second-order valence-corrected chi connectivity index (χ2v) is 12.6. The van der Waals surface area contributed by atoms with Crippen molar-refractivity contribution >= 4 is 33.0 Å². The molecule has 1 aliphatic carbocycles. The third-order valence-corrected chi connectivity index (χ3v) is 8.57. The van der Waals surface area contributed by atoms with Crippen LogP contribution in [0.25, 0.3) is 11.0 Å². The lowest BCUT2D eigenvalue weighted by atomic mass is 10.1. The van der Waals surface area contributed by atoms with Crippen LogP contribution in [0.5, 0.6) is 0 Å². The molecule has 1 amide bonds. The van der Waals surface area contributed by atoms with E-state index in [0.717, 1.165) is 29.6 Å². The standard InChI is InChI=1S/C26H33N5O4S/c1-17-8-6-7-9-21(17)36(33,34)31-15-20(19-10-11-19)22-23(27-16-28-24(22)31)30-13-12-29(14-18(30)2)25(32)35-26(3,4)5/h6-9,15-16,18-19H,10-14H2,1-5H3/t18-/m1/s1. The zero-order chi connectivity index (χ0) is 25.8. The Morgan fingerprint density at radius 3 is 2.47 bits per heavy atom. The van der Waals surface area contributed by atoms with Gasteiger partial charge in [0.15, 0.2) is 5.65 Å². The molecule has 2 fully saturated rings. The summed E-state index contributed by atoms with van der Waals surface area (Å²) >= 11 is 0. The first kappa shape index (κ1) is 24.5. The number of hydrogen-bond donors (Lipinski definition) is 0. The van der Waals surface area contributed by atoms with Crippen molar-refractivity contribution in [3.05, 3.63) is 47.9 Å². The molecule has 0 radical (unpaired) electrons. The minimum Gasteiger partial charge on any atom is -0.444 e. The minimum atomic E-state index is -3.84. The maximum atomic E-state index is 13.7. The van der Waals surface area contributed by atoms with Crippen LogP contribution in [-0.4, -0.2) is 64.6 Å². The second kappa shape index (κ2) is 8.76. The molecule has 3 heterocycles. The van der Waals surface area contributed by atoms with E-state index in [2.05, 4.69) is 14.9 Å². The first-order valence-electron chi connectivity index (χ1n) is 12.4. The molecule has 1 saturated heterocycles. The predicted molar refractivity (Wildman–Crippen MR) is 138 cm³/mol. The van der Waals surface area contributed by atoms with Crippen LogP contribution in [0.4, 0.5) is 10.6 Å². The number of fused-ring (bicyclic) bond motifs is 1. The lowest BCUT2D eigenvalue weighted by Crippen LogP contribution is -2.54. The van der Waals surface area contributed by atoms with E-state index >= 15 is 0 Å². The Hall–Kier alpha value is -3.14. The number of piperazine rings is 1. The molecule has 10 heteroatoms. The molecule has 1 aliphatic heterocycles. The van der Waals surface area contributed by atoms with Gasteiger partial charge in [-0.25, -0.2) is 27.2 Å². The molecule has 1 atom stereocenters. The number of ether oxygens (including phenoxy) is 1. The van der Waals surface area contributed by atoms with Crippen molar-refractivity contribution < 1.29 is 17.9 Å². The van der Waals surface area contributed by atoms with E-state index < -0.39 is 15.6 Å². The summed E-state index contributed by atoms with van der Waals surface area (Å²) in [5, 5.41) is 0.787.